The highest BCUT2D eigenvalue weighted by molar-refractivity contribution is 6.36. The van der Waals surface area contributed by atoms with E-state index in [1.54, 1.807) is 20.3 Å². The summed E-state index contributed by atoms with van der Waals surface area (Å²) in [5, 5.41) is 6.21. The van der Waals surface area contributed by atoms with Gasteiger partial charge in [-0.25, -0.2) is 4.39 Å². The molecule has 0 aliphatic carbocycles. The second-order valence-corrected chi connectivity index (χ2v) is 7.86. The van der Waals surface area contributed by atoms with E-state index in [9.17, 15) is 9.18 Å². The van der Waals surface area contributed by atoms with Gasteiger partial charge in [0.15, 0.2) is 0 Å². The normalized spacial score (nSPS) is 16.0. The largest absolute Gasteiger partial charge is 0.497 e. The molecular weight excluding hydrogens is 423 g/mol. The second kappa shape index (κ2) is 8.50. The number of fused-ring (bicyclic) bond motifs is 2. The molecule has 0 unspecified atom stereocenters. The fraction of sp³-hybridized carbons (Fsp3) is 0.192. The lowest BCUT2D eigenvalue weighted by Crippen LogP contribution is -2.07. The van der Waals surface area contributed by atoms with Crippen LogP contribution in [0.25, 0.3) is 11.3 Å². The van der Waals surface area contributed by atoms with E-state index >= 15 is 0 Å². The molecule has 3 aromatic rings. The Bertz CT molecular complexity index is 1290. The molecule has 33 heavy (non-hydrogen) atoms. The van der Waals surface area contributed by atoms with Crippen LogP contribution in [0.2, 0.25) is 0 Å². The molecule has 2 aliphatic heterocycles. The first-order valence-electron chi connectivity index (χ1n) is 10.6. The van der Waals surface area contributed by atoms with Crippen LogP contribution in [-0.2, 0) is 22.6 Å². The van der Waals surface area contributed by atoms with Crippen LogP contribution >= 0.6 is 0 Å². The molecule has 1 amide bonds. The molecule has 0 saturated heterocycles. The van der Waals surface area contributed by atoms with Gasteiger partial charge in [0.1, 0.15) is 29.7 Å². The number of rotatable bonds is 6. The Morgan fingerprint density at radius 2 is 1.91 bits per heavy atom. The van der Waals surface area contributed by atoms with E-state index < -0.39 is 5.82 Å². The predicted molar refractivity (Wildman–Crippen MR) is 125 cm³/mol. The molecule has 0 atom stereocenters. The van der Waals surface area contributed by atoms with Gasteiger partial charge in [-0.3, -0.25) is 4.79 Å². The summed E-state index contributed by atoms with van der Waals surface area (Å²) in [5.74, 6) is 1.36. The van der Waals surface area contributed by atoms with Gasteiger partial charge in [-0.05, 0) is 54.4 Å². The maximum atomic E-state index is 13.8. The molecule has 0 fully saturated rings. The number of halogens is 1. The number of carbonyl (C=O) groups is 1. The summed E-state index contributed by atoms with van der Waals surface area (Å²) in [6.07, 6.45) is 0.776. The summed E-state index contributed by atoms with van der Waals surface area (Å²) in [6.45, 7) is 1.07. The Morgan fingerprint density at radius 3 is 2.73 bits per heavy atom. The molecule has 5 rings (SSSR count). The third kappa shape index (κ3) is 3.86. The standard InChI is InChI=1S/C26H23FN2O4/c1-31-19-6-3-15(23(13-19)32-2)9-10-28-18-5-7-20-16(11-18)14-33-25(20)24-21-12-17(27)4-8-22(21)29-26(24)30/h3-8,11-13,28H,9-10,14H2,1-2H3,(H,29,30). The van der Waals surface area contributed by atoms with Crippen LogP contribution in [0, 0.1) is 5.82 Å². The first-order valence-corrected chi connectivity index (χ1v) is 10.6. The third-order valence-electron chi connectivity index (χ3n) is 5.89. The molecular formula is C26H23FN2O4. The van der Waals surface area contributed by atoms with Crippen molar-refractivity contribution in [2.24, 2.45) is 0 Å². The number of amides is 1. The Kier molecular flexibility index (Phi) is 5.38. The van der Waals surface area contributed by atoms with Gasteiger partial charge in [-0.15, -0.1) is 0 Å². The maximum Gasteiger partial charge on any atom is 0.260 e. The zero-order valence-corrected chi connectivity index (χ0v) is 18.3. The summed E-state index contributed by atoms with van der Waals surface area (Å²) in [5.41, 5.74) is 5.35. The van der Waals surface area contributed by atoms with Crippen LogP contribution < -0.4 is 20.1 Å². The van der Waals surface area contributed by atoms with E-state index in [2.05, 4.69) is 10.6 Å². The topological polar surface area (TPSA) is 68.8 Å². The molecule has 0 saturated carbocycles. The van der Waals surface area contributed by atoms with Gasteiger partial charge < -0.3 is 24.8 Å². The first kappa shape index (κ1) is 20.9. The van der Waals surface area contributed by atoms with Crippen molar-refractivity contribution in [2.45, 2.75) is 13.0 Å². The van der Waals surface area contributed by atoms with Crippen LogP contribution in [0.15, 0.2) is 54.6 Å². The summed E-state index contributed by atoms with van der Waals surface area (Å²) in [4.78, 5) is 12.6. The number of carbonyl (C=O) groups excluding carboxylic acids is 1. The molecule has 7 heteroatoms. The summed E-state index contributed by atoms with van der Waals surface area (Å²) < 4.78 is 30.4. The number of hydrogen-bond acceptors (Lipinski definition) is 5. The predicted octanol–water partition coefficient (Wildman–Crippen LogP) is 4.85. The first-order chi connectivity index (χ1) is 16.1. The molecule has 2 aliphatic rings. The van der Waals surface area contributed by atoms with E-state index in [-0.39, 0.29) is 5.91 Å². The molecule has 6 nitrogen and oxygen atoms in total. The highest BCUT2D eigenvalue weighted by atomic mass is 19.1. The van der Waals surface area contributed by atoms with Gasteiger partial charge in [-0.2, -0.15) is 0 Å². The molecule has 2 N–H and O–H groups in total. The van der Waals surface area contributed by atoms with E-state index in [4.69, 9.17) is 14.2 Å². The van der Waals surface area contributed by atoms with E-state index in [1.807, 2.05) is 36.4 Å². The van der Waals surface area contributed by atoms with Gasteiger partial charge >= 0.3 is 0 Å². The van der Waals surface area contributed by atoms with Gasteiger partial charge in [0, 0.05) is 40.7 Å². The van der Waals surface area contributed by atoms with Crippen molar-refractivity contribution in [1.29, 1.82) is 0 Å². The number of ether oxygens (including phenoxy) is 3. The highest BCUT2D eigenvalue weighted by Gasteiger charge is 2.32. The van der Waals surface area contributed by atoms with E-state index in [0.29, 0.717) is 35.7 Å². The van der Waals surface area contributed by atoms with Crippen molar-refractivity contribution in [3.63, 3.8) is 0 Å². The van der Waals surface area contributed by atoms with Crippen molar-refractivity contribution < 1.29 is 23.4 Å². The van der Waals surface area contributed by atoms with Crippen LogP contribution in [-0.4, -0.2) is 26.7 Å². The average molecular weight is 446 g/mol. The van der Waals surface area contributed by atoms with Gasteiger partial charge in [0.2, 0.25) is 0 Å². The average Bonchev–Trinajstić information content (AvgIpc) is 3.38. The van der Waals surface area contributed by atoms with E-state index in [0.717, 1.165) is 40.3 Å². The molecule has 0 spiro atoms. The van der Waals surface area contributed by atoms with Gasteiger partial charge in [-0.1, -0.05) is 6.07 Å². The van der Waals surface area contributed by atoms with E-state index in [1.165, 1.54) is 12.1 Å². The summed E-state index contributed by atoms with van der Waals surface area (Å²) >= 11 is 0. The second-order valence-electron chi connectivity index (χ2n) is 7.86. The molecule has 0 bridgehead atoms. The Morgan fingerprint density at radius 1 is 1.03 bits per heavy atom. The smallest absolute Gasteiger partial charge is 0.260 e. The Balaban J connectivity index is 1.34. The number of anilines is 2. The van der Waals surface area contributed by atoms with Crippen LogP contribution in [0.1, 0.15) is 22.3 Å². The lowest BCUT2D eigenvalue weighted by atomic mass is 10.00. The fourth-order valence-electron chi connectivity index (χ4n) is 4.24. The number of nitrogens with one attached hydrogen (secondary N) is 2. The lowest BCUT2D eigenvalue weighted by molar-refractivity contribution is -0.110. The minimum absolute atomic E-state index is 0.283. The highest BCUT2D eigenvalue weighted by Crippen LogP contribution is 2.42. The SMILES string of the molecule is COc1ccc(CCNc2ccc3c(c2)COC3=C2C(=O)Nc3ccc(F)cc32)c(OC)c1. The van der Waals surface area contributed by atoms with Crippen molar-refractivity contribution in [3.05, 3.63) is 82.7 Å². The van der Waals surface area contributed by atoms with Crippen molar-refractivity contribution in [1.82, 2.24) is 0 Å². The Labute approximate surface area is 191 Å². The number of benzene rings is 3. The fourth-order valence-corrected chi connectivity index (χ4v) is 4.24. The van der Waals surface area contributed by atoms with Crippen LogP contribution in [0.4, 0.5) is 15.8 Å². The number of hydrogen-bond donors (Lipinski definition) is 2. The minimum atomic E-state index is -0.394. The molecule has 2 heterocycles. The summed E-state index contributed by atoms with van der Waals surface area (Å²) in [7, 11) is 3.28. The van der Waals surface area contributed by atoms with Gasteiger partial charge in [0.25, 0.3) is 5.91 Å². The molecule has 0 aromatic heterocycles. The minimum Gasteiger partial charge on any atom is -0.497 e. The van der Waals surface area contributed by atoms with Crippen molar-refractivity contribution in [3.8, 4) is 11.5 Å². The monoisotopic (exact) mass is 446 g/mol. The van der Waals surface area contributed by atoms with Crippen LogP contribution in [0.3, 0.4) is 0 Å². The number of methoxy groups -OCH3 is 2. The summed E-state index contributed by atoms with van der Waals surface area (Å²) in [6, 6.07) is 16.0. The van der Waals surface area contributed by atoms with Crippen LogP contribution in [0.5, 0.6) is 11.5 Å². The zero-order chi connectivity index (χ0) is 22.9. The lowest BCUT2D eigenvalue weighted by Gasteiger charge is -2.12. The third-order valence-corrected chi connectivity index (χ3v) is 5.89. The quantitative estimate of drug-likeness (QED) is 0.530. The van der Waals surface area contributed by atoms with Crippen molar-refractivity contribution in [2.75, 3.05) is 31.4 Å². The Hall–Kier alpha value is -4.00. The molecule has 3 aromatic carbocycles. The molecule has 0 radical (unpaired) electrons. The van der Waals surface area contributed by atoms with Gasteiger partial charge in [0.05, 0.1) is 19.8 Å². The zero-order valence-electron chi connectivity index (χ0n) is 18.3. The molecule has 168 valence electrons. The maximum absolute atomic E-state index is 13.8. The van der Waals surface area contributed by atoms with Crippen molar-refractivity contribution >= 4 is 28.6 Å².